The van der Waals surface area contributed by atoms with Gasteiger partial charge in [0.15, 0.2) is 12.4 Å². The van der Waals surface area contributed by atoms with E-state index in [0.717, 1.165) is 11.3 Å². The minimum Gasteiger partial charge on any atom is -0.456 e. The van der Waals surface area contributed by atoms with Crippen molar-refractivity contribution in [2.75, 3.05) is 12.0 Å². The normalized spacial score (nSPS) is 11.6. The quantitative estimate of drug-likeness (QED) is 0.538. The number of amides is 1. The van der Waals surface area contributed by atoms with Gasteiger partial charge in [-0.3, -0.25) is 4.79 Å². The number of hydrogen-bond donors (Lipinski definition) is 1. The van der Waals surface area contributed by atoms with Gasteiger partial charge in [0, 0.05) is 17.2 Å². The number of thioether (sulfide) groups is 1. The fourth-order valence-corrected chi connectivity index (χ4v) is 3.16. The summed E-state index contributed by atoms with van der Waals surface area (Å²) in [6, 6.07) is 19.4. The summed E-state index contributed by atoms with van der Waals surface area (Å²) in [4.78, 5) is 25.0. The molecule has 0 spiro atoms. The van der Waals surface area contributed by atoms with Gasteiger partial charge in [-0.25, -0.2) is 4.79 Å². The maximum atomic E-state index is 12.6. The second-order valence-corrected chi connectivity index (χ2v) is 7.31. The molecule has 1 amide bonds. The number of benzene rings is 2. The van der Waals surface area contributed by atoms with Gasteiger partial charge < -0.3 is 14.6 Å². The van der Waals surface area contributed by atoms with Crippen molar-refractivity contribution in [3.8, 4) is 11.3 Å². The molecule has 1 heterocycles. The lowest BCUT2D eigenvalue weighted by molar-refractivity contribution is -0.148. The van der Waals surface area contributed by atoms with E-state index in [1.807, 2.05) is 42.7 Å². The molecule has 29 heavy (non-hydrogen) atoms. The van der Waals surface area contributed by atoms with Crippen LogP contribution in [0.1, 0.15) is 22.5 Å². The third-order valence-corrected chi connectivity index (χ3v) is 4.87. The first-order valence-corrected chi connectivity index (χ1v) is 10.6. The number of nitrogens with zero attached hydrogens (tertiary/aromatic N) is 1. The highest BCUT2D eigenvalue weighted by Crippen LogP contribution is 2.19. The van der Waals surface area contributed by atoms with Gasteiger partial charge in [-0.15, -0.1) is 0 Å². The summed E-state index contributed by atoms with van der Waals surface area (Å²) in [5.74, 6) is 0.353. The molecule has 0 radical (unpaired) electrons. The van der Waals surface area contributed by atoms with Crippen molar-refractivity contribution in [1.82, 2.24) is 10.5 Å². The van der Waals surface area contributed by atoms with E-state index in [1.54, 1.807) is 42.1 Å². The molecule has 1 unspecified atom stereocenters. The van der Waals surface area contributed by atoms with Crippen LogP contribution in [0.2, 0.25) is 0 Å². The van der Waals surface area contributed by atoms with E-state index in [0.29, 0.717) is 23.4 Å². The topological polar surface area (TPSA) is 81.4 Å². The Labute approximate surface area is 173 Å². The molecule has 0 saturated carbocycles. The Bertz CT molecular complexity index is 928. The highest BCUT2D eigenvalue weighted by molar-refractivity contribution is 7.98. The van der Waals surface area contributed by atoms with Gasteiger partial charge in [-0.1, -0.05) is 53.7 Å². The summed E-state index contributed by atoms with van der Waals surface area (Å²) in [5, 5.41) is 6.77. The fraction of sp³-hybridized carbons (Fsp3) is 0.227. The second-order valence-electron chi connectivity index (χ2n) is 6.33. The van der Waals surface area contributed by atoms with E-state index in [2.05, 4.69) is 10.5 Å². The number of nitrogens with one attached hydrogen (secondary N) is 1. The lowest BCUT2D eigenvalue weighted by atomic mass is 10.1. The Kier molecular flexibility index (Phi) is 7.47. The average Bonchev–Trinajstić information content (AvgIpc) is 3.25. The van der Waals surface area contributed by atoms with Crippen LogP contribution in [0.5, 0.6) is 0 Å². The molecule has 0 saturated heterocycles. The van der Waals surface area contributed by atoms with Gasteiger partial charge in [0.05, 0.1) is 0 Å². The average molecular weight is 410 g/mol. The van der Waals surface area contributed by atoms with Crippen LogP contribution in [0.4, 0.5) is 0 Å². The third-order valence-electron chi connectivity index (χ3n) is 4.22. The maximum absolute atomic E-state index is 12.6. The van der Waals surface area contributed by atoms with Crippen LogP contribution >= 0.6 is 11.8 Å². The molecule has 0 aliphatic heterocycles. The Morgan fingerprint density at radius 2 is 1.79 bits per heavy atom. The van der Waals surface area contributed by atoms with E-state index >= 15 is 0 Å². The number of carbonyl (C=O) groups excluding carboxylic acids is 2. The van der Waals surface area contributed by atoms with Crippen molar-refractivity contribution in [2.24, 2.45) is 0 Å². The molecule has 1 atom stereocenters. The fourth-order valence-electron chi connectivity index (χ4n) is 2.68. The Hall–Kier alpha value is -3.06. The van der Waals surface area contributed by atoms with Crippen LogP contribution < -0.4 is 5.32 Å². The number of aromatic nitrogens is 1. The summed E-state index contributed by atoms with van der Waals surface area (Å²) >= 11 is 1.60. The highest BCUT2D eigenvalue weighted by atomic mass is 32.2. The molecule has 6 nitrogen and oxygen atoms in total. The molecule has 1 aromatic heterocycles. The number of hydrogen-bond acceptors (Lipinski definition) is 6. The predicted octanol–water partition coefficient (Wildman–Crippen LogP) is 3.94. The van der Waals surface area contributed by atoms with Gasteiger partial charge in [0.1, 0.15) is 11.7 Å². The molecule has 0 aliphatic rings. The molecule has 7 heteroatoms. The van der Waals surface area contributed by atoms with E-state index in [-0.39, 0.29) is 12.5 Å². The zero-order valence-electron chi connectivity index (χ0n) is 16.0. The summed E-state index contributed by atoms with van der Waals surface area (Å²) in [7, 11) is 0. The van der Waals surface area contributed by atoms with Gasteiger partial charge in [0.25, 0.3) is 5.91 Å². The number of ether oxygens (including phenoxy) is 1. The maximum Gasteiger partial charge on any atom is 0.329 e. The van der Waals surface area contributed by atoms with E-state index in [9.17, 15) is 9.59 Å². The molecule has 2 aromatic carbocycles. The van der Waals surface area contributed by atoms with Crippen molar-refractivity contribution in [3.63, 3.8) is 0 Å². The lowest BCUT2D eigenvalue weighted by Crippen LogP contribution is -2.42. The van der Waals surface area contributed by atoms with Crippen molar-refractivity contribution < 1.29 is 18.8 Å². The Morgan fingerprint density at radius 3 is 2.48 bits per heavy atom. The summed E-state index contributed by atoms with van der Waals surface area (Å²) < 4.78 is 10.6. The summed E-state index contributed by atoms with van der Waals surface area (Å²) in [5.41, 5.74) is 2.09. The zero-order valence-corrected chi connectivity index (χ0v) is 16.9. The molecular formula is C22H22N2O4S. The lowest BCUT2D eigenvalue weighted by Gasteiger charge is -2.17. The number of carbonyl (C=O) groups is 2. The van der Waals surface area contributed by atoms with Gasteiger partial charge >= 0.3 is 5.97 Å². The van der Waals surface area contributed by atoms with Crippen LogP contribution in [-0.4, -0.2) is 35.1 Å². The molecule has 150 valence electrons. The number of rotatable bonds is 9. The predicted molar refractivity (Wildman–Crippen MR) is 112 cm³/mol. The standard InChI is InChI=1S/C22H22N2O4S/c1-29-13-12-19(23-21(25)17-10-6-3-7-11-17)22(26)27-15-18-14-20(24-28-18)16-8-4-2-5-9-16/h2-11,14,19H,12-13,15H2,1H3,(H,23,25). The smallest absolute Gasteiger partial charge is 0.329 e. The van der Waals surface area contributed by atoms with E-state index in [1.165, 1.54) is 0 Å². The monoisotopic (exact) mass is 410 g/mol. The van der Waals surface area contributed by atoms with Crippen molar-refractivity contribution in [1.29, 1.82) is 0 Å². The van der Waals surface area contributed by atoms with Crippen LogP contribution in [0.3, 0.4) is 0 Å². The van der Waals surface area contributed by atoms with Crippen molar-refractivity contribution in [3.05, 3.63) is 78.1 Å². The molecule has 3 rings (SSSR count). The molecule has 0 fully saturated rings. The molecule has 0 bridgehead atoms. The second kappa shape index (κ2) is 10.5. The van der Waals surface area contributed by atoms with Crippen LogP contribution in [0.25, 0.3) is 11.3 Å². The SMILES string of the molecule is CSCCC(NC(=O)c1ccccc1)C(=O)OCc1cc(-c2ccccc2)no1. The van der Waals surface area contributed by atoms with Crippen LogP contribution in [-0.2, 0) is 16.1 Å². The first-order valence-electron chi connectivity index (χ1n) is 9.20. The minimum absolute atomic E-state index is 0.0460. The van der Waals surface area contributed by atoms with E-state index < -0.39 is 12.0 Å². The van der Waals surface area contributed by atoms with Crippen molar-refractivity contribution in [2.45, 2.75) is 19.1 Å². The van der Waals surface area contributed by atoms with Crippen molar-refractivity contribution >= 4 is 23.6 Å². The van der Waals surface area contributed by atoms with Gasteiger partial charge in [0.2, 0.25) is 0 Å². The first-order chi connectivity index (χ1) is 14.2. The third kappa shape index (κ3) is 5.96. The Morgan fingerprint density at radius 1 is 1.10 bits per heavy atom. The van der Waals surface area contributed by atoms with Gasteiger partial charge in [-0.2, -0.15) is 11.8 Å². The minimum atomic E-state index is -0.730. The highest BCUT2D eigenvalue weighted by Gasteiger charge is 2.23. The zero-order chi connectivity index (χ0) is 20.5. The van der Waals surface area contributed by atoms with Crippen LogP contribution in [0.15, 0.2) is 71.3 Å². The van der Waals surface area contributed by atoms with E-state index in [4.69, 9.17) is 9.26 Å². The molecule has 3 aromatic rings. The molecule has 1 N–H and O–H groups in total. The first kappa shape index (κ1) is 20.7. The molecular weight excluding hydrogens is 388 g/mol. The summed E-state index contributed by atoms with van der Waals surface area (Å²) in [6.45, 7) is -0.0460. The van der Waals surface area contributed by atoms with Crippen LogP contribution in [0, 0.1) is 0 Å². The summed E-state index contributed by atoms with van der Waals surface area (Å²) in [6.07, 6.45) is 2.42. The van der Waals surface area contributed by atoms with Gasteiger partial charge in [-0.05, 0) is 30.6 Å². The number of esters is 1. The molecule has 0 aliphatic carbocycles. The Balaban J connectivity index is 1.60. The largest absolute Gasteiger partial charge is 0.456 e.